The molecule has 1 N–H and O–H groups in total. The molecule has 1 amide bonds. The van der Waals surface area contributed by atoms with Gasteiger partial charge in [-0.2, -0.15) is 0 Å². The van der Waals surface area contributed by atoms with Gasteiger partial charge in [0.2, 0.25) is 0 Å². The van der Waals surface area contributed by atoms with E-state index in [1.54, 1.807) is 48.4 Å². The predicted molar refractivity (Wildman–Crippen MR) is 147 cm³/mol. The number of carbonyl (C=O) groups is 1. The molecule has 5 rings (SSSR count). The second-order valence-electron chi connectivity index (χ2n) is 8.74. The number of benzene rings is 3. The van der Waals surface area contributed by atoms with E-state index in [-0.39, 0.29) is 16.9 Å². The molecule has 38 heavy (non-hydrogen) atoms. The van der Waals surface area contributed by atoms with Crippen molar-refractivity contribution in [3.63, 3.8) is 0 Å². The number of rotatable bonds is 9. The normalized spacial score (nSPS) is 15.4. The van der Waals surface area contributed by atoms with Gasteiger partial charge in [-0.1, -0.05) is 11.3 Å². The highest BCUT2D eigenvalue weighted by Gasteiger charge is 2.27. The maximum Gasteiger partial charge on any atom is 0.261 e. The van der Waals surface area contributed by atoms with Crippen molar-refractivity contribution in [3.05, 3.63) is 72.3 Å². The van der Waals surface area contributed by atoms with Gasteiger partial charge in [-0.25, -0.2) is 13.4 Å². The molecule has 9 nitrogen and oxygen atoms in total. The van der Waals surface area contributed by atoms with Crippen LogP contribution >= 0.6 is 11.3 Å². The fraction of sp³-hybridized carbons (Fsp3) is 0.259. The van der Waals surface area contributed by atoms with Crippen LogP contribution in [0.3, 0.4) is 0 Å². The number of nitrogens with zero attached hydrogens (tertiary/aromatic N) is 2. The lowest BCUT2D eigenvalue weighted by Crippen LogP contribution is -2.37. The number of sulfonamides is 1. The largest absolute Gasteiger partial charge is 0.497 e. The summed E-state index contributed by atoms with van der Waals surface area (Å²) in [5.74, 6) is 1.04. The molecule has 1 aromatic heterocycles. The number of hydrogen-bond acceptors (Lipinski definition) is 8. The summed E-state index contributed by atoms with van der Waals surface area (Å²) in [6.07, 6.45) is 1.75. The van der Waals surface area contributed by atoms with E-state index in [4.69, 9.17) is 19.2 Å². The molecule has 2 heterocycles. The van der Waals surface area contributed by atoms with Crippen LogP contribution in [-0.2, 0) is 14.8 Å². The van der Waals surface area contributed by atoms with Gasteiger partial charge in [0.05, 0.1) is 42.0 Å². The monoisotopic (exact) mass is 553 g/mol. The lowest BCUT2D eigenvalue weighted by atomic mass is 10.1. The molecule has 11 heteroatoms. The Bertz CT molecular complexity index is 1530. The zero-order valence-electron chi connectivity index (χ0n) is 20.9. The van der Waals surface area contributed by atoms with Crippen molar-refractivity contribution in [3.8, 4) is 11.5 Å². The maximum atomic E-state index is 13.7. The summed E-state index contributed by atoms with van der Waals surface area (Å²) < 4.78 is 45.2. The van der Waals surface area contributed by atoms with Crippen LogP contribution in [0.25, 0.3) is 10.2 Å². The smallest absolute Gasteiger partial charge is 0.261 e. The summed E-state index contributed by atoms with van der Waals surface area (Å²) in [5.41, 5.74) is 1.53. The van der Waals surface area contributed by atoms with Crippen LogP contribution in [0.15, 0.2) is 71.6 Å². The number of fused-ring (bicyclic) bond motifs is 1. The fourth-order valence-corrected chi connectivity index (χ4v) is 6.24. The Morgan fingerprint density at radius 1 is 1.05 bits per heavy atom. The van der Waals surface area contributed by atoms with E-state index in [2.05, 4.69) is 4.72 Å². The van der Waals surface area contributed by atoms with Gasteiger partial charge in [0.15, 0.2) is 5.13 Å². The number of aromatic nitrogens is 1. The summed E-state index contributed by atoms with van der Waals surface area (Å²) in [7, 11) is -0.680. The number of methoxy groups -OCH3 is 2. The first-order chi connectivity index (χ1) is 18.4. The van der Waals surface area contributed by atoms with Crippen LogP contribution in [0, 0.1) is 0 Å². The summed E-state index contributed by atoms with van der Waals surface area (Å²) >= 11 is 1.41. The van der Waals surface area contributed by atoms with Crippen molar-refractivity contribution < 1.29 is 27.4 Å². The molecule has 0 radical (unpaired) electrons. The van der Waals surface area contributed by atoms with Gasteiger partial charge in [-0.05, 0) is 79.6 Å². The van der Waals surface area contributed by atoms with Crippen LogP contribution in [-0.4, -0.2) is 52.8 Å². The van der Waals surface area contributed by atoms with E-state index in [1.807, 2.05) is 18.2 Å². The minimum Gasteiger partial charge on any atom is -0.497 e. The second kappa shape index (κ2) is 11.0. The second-order valence-corrected chi connectivity index (χ2v) is 11.4. The summed E-state index contributed by atoms with van der Waals surface area (Å²) in [6.45, 7) is 1.05. The van der Waals surface area contributed by atoms with Crippen LogP contribution in [0.5, 0.6) is 11.5 Å². The Hall–Kier alpha value is -3.67. The summed E-state index contributed by atoms with van der Waals surface area (Å²) in [4.78, 5) is 20.1. The molecule has 1 aliphatic heterocycles. The Morgan fingerprint density at radius 2 is 1.76 bits per heavy atom. The molecule has 4 aromatic rings. The average molecular weight is 554 g/mol. The molecular weight excluding hydrogens is 526 g/mol. The quantitative estimate of drug-likeness (QED) is 0.313. The molecule has 1 aliphatic rings. The maximum absolute atomic E-state index is 13.7. The van der Waals surface area contributed by atoms with Crippen LogP contribution in [0.2, 0.25) is 0 Å². The third-order valence-electron chi connectivity index (χ3n) is 6.22. The molecule has 198 valence electrons. The van der Waals surface area contributed by atoms with Gasteiger partial charge >= 0.3 is 0 Å². The zero-order valence-corrected chi connectivity index (χ0v) is 22.6. The van der Waals surface area contributed by atoms with Crippen LogP contribution in [0.4, 0.5) is 10.8 Å². The number of anilines is 2. The number of ether oxygens (including phenoxy) is 3. The Labute approximate surface area is 225 Å². The van der Waals surface area contributed by atoms with Crippen molar-refractivity contribution in [1.82, 2.24) is 4.98 Å². The molecule has 1 saturated heterocycles. The van der Waals surface area contributed by atoms with Crippen molar-refractivity contribution in [2.75, 3.05) is 37.0 Å². The molecule has 0 aliphatic carbocycles. The van der Waals surface area contributed by atoms with Crippen LogP contribution in [0.1, 0.15) is 23.2 Å². The number of thiazole rings is 1. The van der Waals surface area contributed by atoms with Crippen LogP contribution < -0.4 is 19.1 Å². The van der Waals surface area contributed by atoms with Gasteiger partial charge in [0.25, 0.3) is 15.9 Å². The van der Waals surface area contributed by atoms with Gasteiger partial charge in [0.1, 0.15) is 11.5 Å². The Balaban J connectivity index is 1.38. The Kier molecular flexibility index (Phi) is 7.50. The first kappa shape index (κ1) is 26.0. The fourth-order valence-electron chi connectivity index (χ4n) is 4.18. The third kappa shape index (κ3) is 5.59. The van der Waals surface area contributed by atoms with Gasteiger partial charge in [-0.3, -0.25) is 14.4 Å². The van der Waals surface area contributed by atoms with E-state index in [0.717, 1.165) is 28.8 Å². The molecule has 3 aromatic carbocycles. The Morgan fingerprint density at radius 3 is 2.42 bits per heavy atom. The lowest BCUT2D eigenvalue weighted by Gasteiger charge is -2.23. The SMILES string of the molecule is COc1ccc(S(=O)(=O)Nc2ccc(C(=O)N(CC3CCCO3)c3nc4ccc(OC)cc4s3)cc2)cc1. The van der Waals surface area contributed by atoms with E-state index >= 15 is 0 Å². The summed E-state index contributed by atoms with van der Waals surface area (Å²) in [5, 5.41) is 0.568. The lowest BCUT2D eigenvalue weighted by molar-refractivity contribution is 0.0917. The minimum atomic E-state index is -3.80. The molecule has 1 fully saturated rings. The highest BCUT2D eigenvalue weighted by molar-refractivity contribution is 7.92. The molecule has 1 unspecified atom stereocenters. The minimum absolute atomic E-state index is 0.0731. The highest BCUT2D eigenvalue weighted by atomic mass is 32.2. The first-order valence-electron chi connectivity index (χ1n) is 12.0. The average Bonchev–Trinajstić information content (AvgIpc) is 3.61. The topological polar surface area (TPSA) is 107 Å². The van der Waals surface area contributed by atoms with E-state index in [0.29, 0.717) is 35.3 Å². The first-order valence-corrected chi connectivity index (χ1v) is 14.3. The zero-order chi connectivity index (χ0) is 26.7. The van der Waals surface area contributed by atoms with Crippen molar-refractivity contribution in [1.29, 1.82) is 0 Å². The number of nitrogens with one attached hydrogen (secondary N) is 1. The van der Waals surface area contributed by atoms with Crippen molar-refractivity contribution in [2.45, 2.75) is 23.8 Å². The third-order valence-corrected chi connectivity index (χ3v) is 8.66. The number of hydrogen-bond donors (Lipinski definition) is 1. The molecule has 0 saturated carbocycles. The van der Waals surface area contributed by atoms with Gasteiger partial charge in [0, 0.05) is 17.9 Å². The number of amides is 1. The highest BCUT2D eigenvalue weighted by Crippen LogP contribution is 2.33. The molecule has 0 bridgehead atoms. The molecule has 0 spiro atoms. The number of carbonyl (C=O) groups excluding carboxylic acids is 1. The molecule has 1 atom stereocenters. The molecular formula is C27H27N3O6S2. The van der Waals surface area contributed by atoms with Gasteiger partial charge in [-0.15, -0.1) is 0 Å². The standard InChI is InChI=1S/C27H27N3O6S2/c1-34-20-9-12-23(13-10-20)38(32,33)29-19-7-5-18(6-8-19)26(31)30(17-22-4-3-15-36-22)27-28-24-14-11-21(35-2)16-25(24)37-27/h5-14,16,22,29H,3-4,15,17H2,1-2H3. The van der Waals surface area contributed by atoms with E-state index in [1.165, 1.54) is 30.6 Å². The summed E-state index contributed by atoms with van der Waals surface area (Å²) in [6, 6.07) is 18.1. The van der Waals surface area contributed by atoms with E-state index < -0.39 is 10.0 Å². The van der Waals surface area contributed by atoms with E-state index in [9.17, 15) is 13.2 Å². The predicted octanol–water partition coefficient (Wildman–Crippen LogP) is 4.94. The van der Waals surface area contributed by atoms with Gasteiger partial charge < -0.3 is 14.2 Å². The van der Waals surface area contributed by atoms with Crippen molar-refractivity contribution >= 4 is 48.3 Å². The van der Waals surface area contributed by atoms with Crippen molar-refractivity contribution in [2.24, 2.45) is 0 Å².